The molecule has 94 valence electrons. The molecular formula is C14H12N4O. The molecule has 2 aromatic carbocycles. The average molecular weight is 252 g/mol. The topological polar surface area (TPSA) is 113 Å². The molecule has 0 unspecified atom stereocenters. The van der Waals surface area contributed by atoms with Crippen LogP contribution >= 0.6 is 0 Å². The second-order valence-electron chi connectivity index (χ2n) is 4.29. The standard InChI is InChI=1S/C14H12N4O/c15-13(16)9-5-1-3-7-8-4-2-6-10(14(17)18)12(8)19-11(7)9/h1-6H,(H3,15,16)(H3,17,18). The lowest BCUT2D eigenvalue weighted by Crippen LogP contribution is -2.11. The zero-order valence-corrected chi connectivity index (χ0v) is 10.0. The van der Waals surface area contributed by atoms with Crippen LogP contribution in [0.2, 0.25) is 0 Å². The third-order valence-electron chi connectivity index (χ3n) is 3.10. The van der Waals surface area contributed by atoms with Crippen LogP contribution in [0.1, 0.15) is 11.1 Å². The summed E-state index contributed by atoms with van der Waals surface area (Å²) in [5.41, 5.74) is 13.3. The number of amidine groups is 2. The molecule has 5 heteroatoms. The fourth-order valence-electron chi connectivity index (χ4n) is 2.24. The minimum absolute atomic E-state index is 0.0472. The molecule has 1 aromatic heterocycles. The third kappa shape index (κ3) is 1.55. The molecule has 0 radical (unpaired) electrons. The largest absolute Gasteiger partial charge is 0.455 e. The van der Waals surface area contributed by atoms with Gasteiger partial charge in [0.1, 0.15) is 22.8 Å². The highest BCUT2D eigenvalue weighted by molar-refractivity contribution is 6.17. The van der Waals surface area contributed by atoms with Crippen molar-refractivity contribution in [3.05, 3.63) is 47.5 Å². The van der Waals surface area contributed by atoms with Crippen LogP contribution in [-0.2, 0) is 0 Å². The summed E-state index contributed by atoms with van der Waals surface area (Å²) >= 11 is 0. The second kappa shape index (κ2) is 3.84. The van der Waals surface area contributed by atoms with Gasteiger partial charge >= 0.3 is 0 Å². The Morgan fingerprint density at radius 2 is 1.21 bits per heavy atom. The lowest BCUT2D eigenvalue weighted by atomic mass is 10.1. The molecule has 0 aliphatic carbocycles. The number of nitrogens with one attached hydrogen (secondary N) is 2. The van der Waals surface area contributed by atoms with Crippen LogP contribution < -0.4 is 11.5 Å². The molecular weight excluding hydrogens is 240 g/mol. The third-order valence-corrected chi connectivity index (χ3v) is 3.10. The first-order valence-corrected chi connectivity index (χ1v) is 5.72. The summed E-state index contributed by atoms with van der Waals surface area (Å²) in [5.74, 6) is -0.0944. The summed E-state index contributed by atoms with van der Waals surface area (Å²) in [6.07, 6.45) is 0. The smallest absolute Gasteiger partial charge is 0.146 e. The van der Waals surface area contributed by atoms with Gasteiger partial charge in [-0.15, -0.1) is 0 Å². The average Bonchev–Trinajstić information content (AvgIpc) is 2.76. The number of hydrogen-bond donors (Lipinski definition) is 4. The Morgan fingerprint density at radius 1 is 0.789 bits per heavy atom. The summed E-state index contributed by atoms with van der Waals surface area (Å²) in [6.45, 7) is 0. The van der Waals surface area contributed by atoms with Gasteiger partial charge in [0.15, 0.2) is 0 Å². The van der Waals surface area contributed by atoms with Crippen molar-refractivity contribution in [1.82, 2.24) is 0 Å². The molecule has 0 bridgehead atoms. The molecule has 6 N–H and O–H groups in total. The maximum Gasteiger partial charge on any atom is 0.146 e. The number of para-hydroxylation sites is 2. The van der Waals surface area contributed by atoms with Gasteiger partial charge in [-0.05, 0) is 12.1 Å². The van der Waals surface area contributed by atoms with E-state index in [-0.39, 0.29) is 11.7 Å². The van der Waals surface area contributed by atoms with Crippen molar-refractivity contribution in [3.63, 3.8) is 0 Å². The Kier molecular flexibility index (Phi) is 2.28. The molecule has 0 saturated heterocycles. The van der Waals surface area contributed by atoms with E-state index in [1.54, 1.807) is 12.1 Å². The van der Waals surface area contributed by atoms with Crippen molar-refractivity contribution >= 4 is 33.6 Å². The molecule has 0 saturated carbocycles. The lowest BCUT2D eigenvalue weighted by Gasteiger charge is -1.98. The van der Waals surface area contributed by atoms with E-state index < -0.39 is 0 Å². The summed E-state index contributed by atoms with van der Waals surface area (Å²) < 4.78 is 5.80. The fraction of sp³-hybridized carbons (Fsp3) is 0. The van der Waals surface area contributed by atoms with Gasteiger partial charge in [0.2, 0.25) is 0 Å². The van der Waals surface area contributed by atoms with Crippen molar-refractivity contribution in [2.24, 2.45) is 11.5 Å². The molecule has 0 spiro atoms. The Hall–Kier alpha value is -2.82. The number of hydrogen-bond acceptors (Lipinski definition) is 3. The number of rotatable bonds is 2. The predicted molar refractivity (Wildman–Crippen MR) is 75.8 cm³/mol. The lowest BCUT2D eigenvalue weighted by molar-refractivity contribution is 0.667. The van der Waals surface area contributed by atoms with Crippen LogP contribution in [0.25, 0.3) is 21.9 Å². The molecule has 5 nitrogen and oxygen atoms in total. The maximum atomic E-state index is 7.58. The van der Waals surface area contributed by atoms with E-state index in [1.165, 1.54) is 0 Å². The summed E-state index contributed by atoms with van der Waals surface area (Å²) in [4.78, 5) is 0. The number of furan rings is 1. The van der Waals surface area contributed by atoms with E-state index in [4.69, 9.17) is 26.7 Å². The van der Waals surface area contributed by atoms with E-state index in [0.717, 1.165) is 10.8 Å². The highest BCUT2D eigenvalue weighted by atomic mass is 16.3. The van der Waals surface area contributed by atoms with Gasteiger partial charge < -0.3 is 15.9 Å². The molecule has 19 heavy (non-hydrogen) atoms. The first-order valence-electron chi connectivity index (χ1n) is 5.72. The van der Waals surface area contributed by atoms with Gasteiger partial charge in [0, 0.05) is 10.8 Å². The highest BCUT2D eigenvalue weighted by Crippen LogP contribution is 2.32. The van der Waals surface area contributed by atoms with E-state index in [1.807, 2.05) is 24.3 Å². The monoisotopic (exact) mass is 252 g/mol. The van der Waals surface area contributed by atoms with E-state index in [0.29, 0.717) is 22.3 Å². The molecule has 0 aliphatic heterocycles. The molecule has 0 amide bonds. The van der Waals surface area contributed by atoms with Crippen molar-refractivity contribution in [1.29, 1.82) is 10.8 Å². The van der Waals surface area contributed by atoms with Crippen LogP contribution in [0.15, 0.2) is 40.8 Å². The van der Waals surface area contributed by atoms with Crippen molar-refractivity contribution in [2.75, 3.05) is 0 Å². The Bertz CT molecular complexity index is 764. The minimum atomic E-state index is -0.0472. The molecule has 3 rings (SSSR count). The normalized spacial score (nSPS) is 10.9. The first kappa shape index (κ1) is 11.3. The molecule has 3 aromatic rings. The quantitative estimate of drug-likeness (QED) is 0.414. The van der Waals surface area contributed by atoms with Crippen LogP contribution in [-0.4, -0.2) is 11.7 Å². The maximum absolute atomic E-state index is 7.58. The van der Waals surface area contributed by atoms with Crippen LogP contribution in [0, 0.1) is 10.8 Å². The van der Waals surface area contributed by atoms with Crippen molar-refractivity contribution < 1.29 is 4.42 Å². The molecule has 1 heterocycles. The van der Waals surface area contributed by atoms with Gasteiger partial charge in [-0.1, -0.05) is 24.3 Å². The van der Waals surface area contributed by atoms with Crippen molar-refractivity contribution in [3.8, 4) is 0 Å². The van der Waals surface area contributed by atoms with E-state index in [9.17, 15) is 0 Å². The zero-order chi connectivity index (χ0) is 13.6. The fourth-order valence-corrected chi connectivity index (χ4v) is 2.24. The van der Waals surface area contributed by atoms with Gasteiger partial charge in [0.05, 0.1) is 11.1 Å². The number of benzene rings is 2. The Labute approximate surface area is 108 Å². The Morgan fingerprint density at radius 3 is 1.58 bits per heavy atom. The van der Waals surface area contributed by atoms with Crippen LogP contribution in [0.5, 0.6) is 0 Å². The zero-order valence-electron chi connectivity index (χ0n) is 10.0. The second-order valence-corrected chi connectivity index (χ2v) is 4.29. The molecule has 0 aliphatic rings. The minimum Gasteiger partial charge on any atom is -0.455 e. The van der Waals surface area contributed by atoms with Crippen molar-refractivity contribution in [2.45, 2.75) is 0 Å². The molecule has 0 fully saturated rings. The summed E-state index contributed by atoms with van der Waals surface area (Å²) in [5, 5.41) is 16.9. The number of fused-ring (bicyclic) bond motifs is 3. The first-order chi connectivity index (χ1) is 9.09. The number of nitrogen functional groups attached to an aromatic ring is 2. The van der Waals surface area contributed by atoms with E-state index in [2.05, 4.69) is 0 Å². The van der Waals surface area contributed by atoms with Gasteiger partial charge in [-0.3, -0.25) is 10.8 Å². The van der Waals surface area contributed by atoms with Crippen LogP contribution in [0.4, 0.5) is 0 Å². The van der Waals surface area contributed by atoms with Gasteiger partial charge in [-0.2, -0.15) is 0 Å². The predicted octanol–water partition coefficient (Wildman–Crippen LogP) is 2.15. The van der Waals surface area contributed by atoms with Gasteiger partial charge in [0.25, 0.3) is 0 Å². The molecule has 0 atom stereocenters. The van der Waals surface area contributed by atoms with Crippen LogP contribution in [0.3, 0.4) is 0 Å². The van der Waals surface area contributed by atoms with Gasteiger partial charge in [-0.25, -0.2) is 0 Å². The summed E-state index contributed by atoms with van der Waals surface area (Å²) in [6, 6.07) is 10.9. The Balaban J connectivity index is 2.51. The SMILES string of the molecule is N=C(N)c1cccc2c1oc1c(C(=N)N)cccc12. The highest BCUT2D eigenvalue weighted by Gasteiger charge is 2.15. The van der Waals surface area contributed by atoms with E-state index >= 15 is 0 Å². The number of nitrogens with two attached hydrogens (primary N) is 2. The summed E-state index contributed by atoms with van der Waals surface area (Å²) in [7, 11) is 0.